The van der Waals surface area contributed by atoms with Gasteiger partial charge in [-0.25, -0.2) is 4.79 Å². The van der Waals surface area contributed by atoms with Crippen LogP contribution in [0.5, 0.6) is 0 Å². The van der Waals surface area contributed by atoms with Crippen molar-refractivity contribution in [2.75, 3.05) is 13.7 Å². The molecule has 0 heterocycles. The molecule has 0 spiro atoms. The Balaban J connectivity index is 4.27. The van der Waals surface area contributed by atoms with E-state index in [0.29, 0.717) is 0 Å². The number of ether oxygens (including phenoxy) is 1. The molecule has 0 saturated carbocycles. The minimum atomic E-state index is -1.27. The number of hydrogen-bond acceptors (Lipinski definition) is 5. The molecule has 5 N–H and O–H groups in total. The Morgan fingerprint density at radius 2 is 1.94 bits per heavy atom. The molecule has 0 aromatic carbocycles. The SMILES string of the molecule is COC(CN)CC(=O)NC(CCC(=O)O)C(=O)O. The summed E-state index contributed by atoms with van der Waals surface area (Å²) in [6.45, 7) is 0.136. The van der Waals surface area contributed by atoms with Gasteiger partial charge in [-0.2, -0.15) is 0 Å². The first-order valence-corrected chi connectivity index (χ1v) is 5.37. The molecule has 0 aromatic rings. The Bertz CT molecular complexity index is 303. The van der Waals surface area contributed by atoms with Gasteiger partial charge in [0.25, 0.3) is 0 Å². The van der Waals surface area contributed by atoms with Crippen LogP contribution in [0.25, 0.3) is 0 Å². The number of methoxy groups -OCH3 is 1. The highest BCUT2D eigenvalue weighted by Gasteiger charge is 2.22. The van der Waals surface area contributed by atoms with E-state index < -0.39 is 30.0 Å². The topological polar surface area (TPSA) is 139 Å². The van der Waals surface area contributed by atoms with Crippen LogP contribution in [-0.4, -0.2) is 53.9 Å². The monoisotopic (exact) mass is 262 g/mol. The highest BCUT2D eigenvalue weighted by Crippen LogP contribution is 2.01. The molecule has 0 bridgehead atoms. The van der Waals surface area contributed by atoms with E-state index >= 15 is 0 Å². The van der Waals surface area contributed by atoms with Crippen LogP contribution >= 0.6 is 0 Å². The number of carbonyl (C=O) groups excluding carboxylic acids is 1. The van der Waals surface area contributed by atoms with Crippen molar-refractivity contribution in [2.45, 2.75) is 31.4 Å². The molecule has 8 nitrogen and oxygen atoms in total. The molecule has 2 unspecified atom stereocenters. The molecule has 0 saturated heterocycles. The van der Waals surface area contributed by atoms with E-state index in [0.717, 1.165) is 0 Å². The number of amides is 1. The van der Waals surface area contributed by atoms with Crippen LogP contribution < -0.4 is 11.1 Å². The predicted octanol–water partition coefficient (Wildman–Crippen LogP) is -1.22. The van der Waals surface area contributed by atoms with Crippen LogP contribution in [0.1, 0.15) is 19.3 Å². The van der Waals surface area contributed by atoms with Gasteiger partial charge in [-0.1, -0.05) is 0 Å². The van der Waals surface area contributed by atoms with E-state index in [1.54, 1.807) is 0 Å². The average molecular weight is 262 g/mol. The summed E-state index contributed by atoms with van der Waals surface area (Å²) < 4.78 is 4.88. The summed E-state index contributed by atoms with van der Waals surface area (Å²) in [7, 11) is 1.39. The number of aliphatic carboxylic acids is 2. The van der Waals surface area contributed by atoms with Crippen molar-refractivity contribution in [1.82, 2.24) is 5.32 Å². The van der Waals surface area contributed by atoms with Crippen LogP contribution in [0.15, 0.2) is 0 Å². The Hall–Kier alpha value is -1.67. The standard InChI is InChI=1S/C10H18N2O6/c1-18-6(5-11)4-8(13)12-7(10(16)17)2-3-9(14)15/h6-7H,2-5,11H2,1H3,(H,12,13)(H,14,15)(H,16,17). The maximum absolute atomic E-state index is 11.5. The normalized spacial score (nSPS) is 13.7. The zero-order valence-corrected chi connectivity index (χ0v) is 10.1. The van der Waals surface area contributed by atoms with E-state index in [-0.39, 0.29) is 25.8 Å². The second-order valence-electron chi connectivity index (χ2n) is 3.69. The molecule has 0 fully saturated rings. The van der Waals surface area contributed by atoms with Crippen molar-refractivity contribution in [1.29, 1.82) is 0 Å². The maximum Gasteiger partial charge on any atom is 0.326 e. The van der Waals surface area contributed by atoms with Gasteiger partial charge in [-0.05, 0) is 6.42 Å². The Morgan fingerprint density at radius 1 is 1.33 bits per heavy atom. The molecule has 0 rings (SSSR count). The van der Waals surface area contributed by atoms with Crippen molar-refractivity contribution in [3.8, 4) is 0 Å². The third kappa shape index (κ3) is 6.81. The fourth-order valence-electron chi connectivity index (χ4n) is 1.25. The van der Waals surface area contributed by atoms with E-state index in [1.165, 1.54) is 7.11 Å². The van der Waals surface area contributed by atoms with Crippen molar-refractivity contribution >= 4 is 17.8 Å². The third-order valence-corrected chi connectivity index (χ3v) is 2.29. The lowest BCUT2D eigenvalue weighted by molar-refractivity contribution is -0.143. The number of carboxylic acid groups (broad SMARTS) is 2. The van der Waals surface area contributed by atoms with Gasteiger partial charge < -0.3 is 26.0 Å². The van der Waals surface area contributed by atoms with E-state index in [2.05, 4.69) is 5.32 Å². The maximum atomic E-state index is 11.5. The van der Waals surface area contributed by atoms with Crippen LogP contribution in [0.4, 0.5) is 0 Å². The van der Waals surface area contributed by atoms with Crippen LogP contribution in [0, 0.1) is 0 Å². The third-order valence-electron chi connectivity index (χ3n) is 2.29. The second-order valence-corrected chi connectivity index (χ2v) is 3.69. The lowest BCUT2D eigenvalue weighted by atomic mass is 10.1. The smallest absolute Gasteiger partial charge is 0.326 e. The van der Waals surface area contributed by atoms with Gasteiger partial charge in [-0.15, -0.1) is 0 Å². The van der Waals surface area contributed by atoms with Crippen LogP contribution in [0.3, 0.4) is 0 Å². The van der Waals surface area contributed by atoms with Crippen molar-refractivity contribution in [2.24, 2.45) is 5.73 Å². The molecule has 0 aliphatic carbocycles. The highest BCUT2D eigenvalue weighted by atomic mass is 16.5. The van der Waals surface area contributed by atoms with Gasteiger partial charge in [-0.3, -0.25) is 9.59 Å². The molecule has 0 aliphatic heterocycles. The first-order valence-electron chi connectivity index (χ1n) is 5.37. The molecule has 0 radical (unpaired) electrons. The molecule has 2 atom stereocenters. The molecule has 18 heavy (non-hydrogen) atoms. The highest BCUT2D eigenvalue weighted by molar-refractivity contribution is 5.84. The number of carbonyl (C=O) groups is 3. The van der Waals surface area contributed by atoms with Gasteiger partial charge in [0.1, 0.15) is 6.04 Å². The molecule has 104 valence electrons. The van der Waals surface area contributed by atoms with Gasteiger partial charge >= 0.3 is 11.9 Å². The average Bonchev–Trinajstić information content (AvgIpc) is 2.30. The van der Waals surface area contributed by atoms with E-state index in [1.807, 2.05) is 0 Å². The summed E-state index contributed by atoms with van der Waals surface area (Å²) in [5.74, 6) is -2.93. The molecule has 0 aromatic heterocycles. The fraction of sp³-hybridized carbons (Fsp3) is 0.700. The summed E-state index contributed by atoms with van der Waals surface area (Å²) in [4.78, 5) is 32.6. The Labute approximate surface area is 104 Å². The van der Waals surface area contributed by atoms with Gasteiger partial charge in [0.2, 0.25) is 5.91 Å². The predicted molar refractivity (Wildman–Crippen MR) is 60.9 cm³/mol. The number of nitrogens with two attached hydrogens (primary N) is 1. The second kappa shape index (κ2) is 8.43. The molecule has 0 aliphatic rings. The fourth-order valence-corrected chi connectivity index (χ4v) is 1.25. The van der Waals surface area contributed by atoms with Crippen molar-refractivity contribution in [3.63, 3.8) is 0 Å². The number of carboxylic acids is 2. The zero-order valence-electron chi connectivity index (χ0n) is 10.1. The minimum absolute atomic E-state index is 0.0656. The van der Waals surface area contributed by atoms with Crippen molar-refractivity contribution < 1.29 is 29.3 Å². The Kier molecular flexibility index (Phi) is 7.64. The summed E-state index contributed by atoms with van der Waals surface area (Å²) >= 11 is 0. The molecular weight excluding hydrogens is 244 g/mol. The number of nitrogens with one attached hydrogen (secondary N) is 1. The molecule has 1 amide bonds. The molecule has 8 heteroatoms. The van der Waals surface area contributed by atoms with Crippen LogP contribution in [-0.2, 0) is 19.1 Å². The molecular formula is C10H18N2O6. The quantitative estimate of drug-likeness (QED) is 0.408. The summed E-state index contributed by atoms with van der Waals surface area (Å²) in [5.41, 5.74) is 5.32. The number of rotatable bonds is 9. The lowest BCUT2D eigenvalue weighted by Crippen LogP contribution is -2.43. The van der Waals surface area contributed by atoms with Gasteiger partial charge in [0, 0.05) is 20.1 Å². The minimum Gasteiger partial charge on any atom is -0.481 e. The summed E-state index contributed by atoms with van der Waals surface area (Å²) in [6.07, 6.45) is -1.05. The van der Waals surface area contributed by atoms with Gasteiger partial charge in [0.15, 0.2) is 0 Å². The first-order chi connectivity index (χ1) is 8.40. The zero-order chi connectivity index (χ0) is 14.1. The largest absolute Gasteiger partial charge is 0.481 e. The summed E-state index contributed by atoms with van der Waals surface area (Å²) in [6, 6.07) is -1.22. The Morgan fingerprint density at radius 3 is 2.33 bits per heavy atom. The number of hydrogen-bond donors (Lipinski definition) is 4. The van der Waals surface area contributed by atoms with Crippen LogP contribution in [0.2, 0.25) is 0 Å². The summed E-state index contributed by atoms with van der Waals surface area (Å²) in [5, 5.41) is 19.5. The van der Waals surface area contributed by atoms with E-state index in [9.17, 15) is 14.4 Å². The van der Waals surface area contributed by atoms with Crippen molar-refractivity contribution in [3.05, 3.63) is 0 Å². The van der Waals surface area contributed by atoms with E-state index in [4.69, 9.17) is 20.7 Å². The van der Waals surface area contributed by atoms with Gasteiger partial charge in [0.05, 0.1) is 12.5 Å². The lowest BCUT2D eigenvalue weighted by Gasteiger charge is -2.16. The first kappa shape index (κ1) is 16.3.